The van der Waals surface area contributed by atoms with Crippen LogP contribution in [-0.2, 0) is 11.2 Å². The van der Waals surface area contributed by atoms with Crippen molar-refractivity contribution in [2.45, 2.75) is 25.5 Å². The third-order valence-electron chi connectivity index (χ3n) is 9.67. The third-order valence-corrected chi connectivity index (χ3v) is 9.67. The van der Waals surface area contributed by atoms with Crippen molar-refractivity contribution >= 4 is 63.5 Å². The van der Waals surface area contributed by atoms with E-state index in [-0.39, 0.29) is 24.7 Å². The highest BCUT2D eigenvalue weighted by atomic mass is 35.5. The summed E-state index contributed by atoms with van der Waals surface area (Å²) >= 11 is 0. The molecule has 0 aliphatic rings. The number of nitrogens with zero attached hydrogens (tertiary/aromatic N) is 6. The van der Waals surface area contributed by atoms with Crippen molar-refractivity contribution in [2.24, 2.45) is 0 Å². The lowest BCUT2D eigenvalue weighted by molar-refractivity contribution is -0.126. The second kappa shape index (κ2) is 16.8. The zero-order valence-electron chi connectivity index (χ0n) is 31.0. The van der Waals surface area contributed by atoms with Crippen LogP contribution in [0.5, 0.6) is 0 Å². The van der Waals surface area contributed by atoms with Gasteiger partial charge < -0.3 is 25.6 Å². The Morgan fingerprint density at radius 1 is 0.825 bits per heavy atom. The number of anilines is 3. The molecule has 0 aliphatic heterocycles. The van der Waals surface area contributed by atoms with Gasteiger partial charge in [0.25, 0.3) is 11.8 Å². The molecular formula is C44H38ClN9O3. The van der Waals surface area contributed by atoms with E-state index < -0.39 is 18.1 Å². The number of imidazole rings is 1. The van der Waals surface area contributed by atoms with Gasteiger partial charge in [0.1, 0.15) is 5.82 Å². The van der Waals surface area contributed by atoms with Gasteiger partial charge in [-0.25, -0.2) is 15.0 Å². The molecule has 0 bridgehead atoms. The zero-order chi connectivity index (χ0) is 38.6. The number of nitrogens with one attached hydrogen (secondary N) is 3. The van der Waals surface area contributed by atoms with Crippen molar-refractivity contribution in [3.63, 3.8) is 0 Å². The molecule has 4 aromatic carbocycles. The molecule has 0 saturated heterocycles. The Kier molecular flexibility index (Phi) is 11.3. The summed E-state index contributed by atoms with van der Waals surface area (Å²) in [5.41, 5.74) is 7.55. The SMILES string of the molecule is CNC(=O)c1ccc2c(c1)nc(-c1cccc3cccnc13)n2C(Cc1ccccc1)C(O)C(=O)Nc1ccc(C)c(Nc2nccc(-c3cccnc3)n2)c1.Cl. The zero-order valence-corrected chi connectivity index (χ0v) is 31.8. The van der Waals surface area contributed by atoms with Crippen LogP contribution in [0.3, 0.4) is 0 Å². The molecule has 4 N–H and O–H groups in total. The first kappa shape index (κ1) is 38.3. The predicted octanol–water partition coefficient (Wildman–Crippen LogP) is 7.72. The topological polar surface area (TPSA) is 160 Å². The lowest BCUT2D eigenvalue weighted by atomic mass is 9.99. The summed E-state index contributed by atoms with van der Waals surface area (Å²) in [6.45, 7) is 1.94. The van der Waals surface area contributed by atoms with E-state index in [0.29, 0.717) is 51.0 Å². The maximum atomic E-state index is 14.3. The molecule has 57 heavy (non-hydrogen) atoms. The highest BCUT2D eigenvalue weighted by Crippen LogP contribution is 2.36. The van der Waals surface area contributed by atoms with Gasteiger partial charge in [-0.2, -0.15) is 0 Å². The van der Waals surface area contributed by atoms with Crippen molar-refractivity contribution in [3.05, 3.63) is 157 Å². The molecule has 0 aliphatic carbocycles. The molecule has 13 heteroatoms. The van der Waals surface area contributed by atoms with Crippen molar-refractivity contribution in [1.29, 1.82) is 0 Å². The second-order valence-corrected chi connectivity index (χ2v) is 13.3. The van der Waals surface area contributed by atoms with Gasteiger partial charge in [0, 0.05) is 65.3 Å². The maximum Gasteiger partial charge on any atom is 0.255 e. The van der Waals surface area contributed by atoms with Gasteiger partial charge in [-0.05, 0) is 85.1 Å². The minimum atomic E-state index is -1.55. The molecule has 4 heterocycles. The molecule has 8 rings (SSSR count). The summed E-state index contributed by atoms with van der Waals surface area (Å²) in [5, 5.41) is 22.0. The van der Waals surface area contributed by atoms with Crippen molar-refractivity contribution in [1.82, 2.24) is 34.8 Å². The Labute approximate surface area is 334 Å². The first-order chi connectivity index (χ1) is 27.4. The van der Waals surface area contributed by atoms with E-state index in [1.165, 1.54) is 0 Å². The number of carbonyl (C=O) groups excluding carboxylic acids is 2. The molecule has 2 unspecified atom stereocenters. The predicted molar refractivity (Wildman–Crippen MR) is 225 cm³/mol. The summed E-state index contributed by atoms with van der Waals surface area (Å²) in [4.78, 5) is 50.0. The Morgan fingerprint density at radius 2 is 1.65 bits per heavy atom. The Hall–Kier alpha value is -7.02. The molecule has 284 valence electrons. The van der Waals surface area contributed by atoms with E-state index in [1.54, 1.807) is 62.2 Å². The van der Waals surface area contributed by atoms with E-state index in [9.17, 15) is 14.7 Å². The number of pyridine rings is 2. The Balaban J connectivity index is 0.00000496. The number of aryl methyl sites for hydroxylation is 1. The van der Waals surface area contributed by atoms with Gasteiger partial charge in [0.05, 0.1) is 28.3 Å². The smallest absolute Gasteiger partial charge is 0.255 e. The van der Waals surface area contributed by atoms with Crippen molar-refractivity contribution in [2.75, 3.05) is 17.7 Å². The number of hydrogen-bond acceptors (Lipinski definition) is 9. The number of para-hydroxylation sites is 1. The number of aliphatic hydroxyl groups is 1. The average molecular weight is 776 g/mol. The van der Waals surface area contributed by atoms with Gasteiger partial charge in [-0.3, -0.25) is 19.6 Å². The fourth-order valence-electron chi connectivity index (χ4n) is 6.83. The maximum absolute atomic E-state index is 14.3. The monoisotopic (exact) mass is 775 g/mol. The minimum absolute atomic E-state index is 0. The van der Waals surface area contributed by atoms with Crippen LogP contribution >= 0.6 is 12.4 Å². The lowest BCUT2D eigenvalue weighted by Crippen LogP contribution is -2.37. The molecule has 2 amide bonds. The molecule has 0 saturated carbocycles. The van der Waals surface area contributed by atoms with Crippen molar-refractivity contribution < 1.29 is 14.7 Å². The summed E-state index contributed by atoms with van der Waals surface area (Å²) in [5.74, 6) is 0.0144. The lowest BCUT2D eigenvalue weighted by Gasteiger charge is -2.27. The van der Waals surface area contributed by atoms with Crippen LogP contribution in [0.2, 0.25) is 0 Å². The van der Waals surface area contributed by atoms with Gasteiger partial charge in [0.2, 0.25) is 5.95 Å². The van der Waals surface area contributed by atoms with Crippen molar-refractivity contribution in [3.8, 4) is 22.6 Å². The number of rotatable bonds is 11. The molecular weight excluding hydrogens is 738 g/mol. The fraction of sp³-hybridized carbons (Fsp3) is 0.114. The van der Waals surface area contributed by atoms with E-state index in [0.717, 1.165) is 27.6 Å². The number of halogens is 1. The molecule has 2 atom stereocenters. The Morgan fingerprint density at radius 3 is 2.46 bits per heavy atom. The largest absolute Gasteiger partial charge is 0.381 e. The number of carbonyl (C=O) groups is 2. The molecule has 8 aromatic rings. The van der Waals surface area contributed by atoms with E-state index in [4.69, 9.17) is 9.97 Å². The highest BCUT2D eigenvalue weighted by molar-refractivity contribution is 6.00. The Bertz CT molecular complexity index is 2700. The van der Waals surface area contributed by atoms with E-state index in [2.05, 4.69) is 30.9 Å². The van der Waals surface area contributed by atoms with Gasteiger partial charge in [-0.15, -0.1) is 12.4 Å². The molecule has 12 nitrogen and oxygen atoms in total. The van der Waals surface area contributed by atoms with Crippen LogP contribution in [0, 0.1) is 6.92 Å². The normalized spacial score (nSPS) is 12.1. The number of aromatic nitrogens is 6. The number of amides is 2. The number of aliphatic hydroxyl groups excluding tert-OH is 1. The summed E-state index contributed by atoms with van der Waals surface area (Å²) in [6, 6.07) is 34.8. The summed E-state index contributed by atoms with van der Waals surface area (Å²) in [7, 11) is 1.57. The third kappa shape index (κ3) is 8.04. The first-order valence-corrected chi connectivity index (χ1v) is 18.1. The summed E-state index contributed by atoms with van der Waals surface area (Å²) < 4.78 is 1.90. The van der Waals surface area contributed by atoms with Gasteiger partial charge >= 0.3 is 0 Å². The quantitative estimate of drug-likeness (QED) is 0.103. The first-order valence-electron chi connectivity index (χ1n) is 18.1. The van der Waals surface area contributed by atoms with E-state index >= 15 is 0 Å². The average Bonchev–Trinajstić information content (AvgIpc) is 3.62. The van der Waals surface area contributed by atoms with Crippen LogP contribution in [0.25, 0.3) is 44.6 Å². The van der Waals surface area contributed by atoms with Crippen LogP contribution in [0.15, 0.2) is 140 Å². The number of benzene rings is 4. The number of fused-ring (bicyclic) bond motifs is 2. The molecule has 4 aromatic heterocycles. The highest BCUT2D eigenvalue weighted by Gasteiger charge is 2.32. The molecule has 0 fully saturated rings. The number of hydrogen-bond donors (Lipinski definition) is 4. The van der Waals surface area contributed by atoms with Gasteiger partial charge in [0.15, 0.2) is 6.10 Å². The second-order valence-electron chi connectivity index (χ2n) is 13.3. The van der Waals surface area contributed by atoms with Crippen LogP contribution in [0.1, 0.15) is 27.5 Å². The standard InChI is InChI=1S/C44H37N9O3.ClH/c1-27-15-17-32(25-35(27)52-44-48-22-19-34(51-44)31-13-7-20-46-26-31)49-43(56)40(54)38(23-28-9-4-3-5-10-28)53-37-18-16-30(42(55)45-2)24-36(37)50-41(53)33-14-6-11-29-12-8-21-47-39(29)33;/h3-22,24-26,38,40,54H,23H2,1-2H3,(H,45,55)(H,49,56)(H,48,51,52);1H. The molecule has 0 spiro atoms. The summed E-state index contributed by atoms with van der Waals surface area (Å²) in [6.07, 6.45) is 5.57. The van der Waals surface area contributed by atoms with E-state index in [1.807, 2.05) is 96.4 Å². The van der Waals surface area contributed by atoms with Crippen LogP contribution in [-0.4, -0.2) is 59.6 Å². The minimum Gasteiger partial charge on any atom is -0.381 e. The fourth-order valence-corrected chi connectivity index (χ4v) is 6.83. The van der Waals surface area contributed by atoms with Crippen LogP contribution < -0.4 is 16.0 Å². The van der Waals surface area contributed by atoms with Gasteiger partial charge in [-0.1, -0.05) is 54.6 Å². The van der Waals surface area contributed by atoms with Crippen LogP contribution in [0.4, 0.5) is 17.3 Å². The molecule has 0 radical (unpaired) electrons.